The molecule has 0 amide bonds. The van der Waals surface area contributed by atoms with Crippen molar-refractivity contribution in [2.45, 2.75) is 6.18 Å². The van der Waals surface area contributed by atoms with Gasteiger partial charge in [0.15, 0.2) is 5.69 Å². The molecular weight excluding hydrogens is 453 g/mol. The van der Waals surface area contributed by atoms with E-state index in [1.165, 1.54) is 7.11 Å². The minimum absolute atomic E-state index is 0.156. The number of oxime groups is 1. The summed E-state index contributed by atoms with van der Waals surface area (Å²) in [4.78, 5) is 25.8. The summed E-state index contributed by atoms with van der Waals surface area (Å²) in [6.45, 7) is -1.13. The Morgan fingerprint density at radius 3 is 2.58 bits per heavy atom. The molecule has 0 spiro atoms. The van der Waals surface area contributed by atoms with Crippen molar-refractivity contribution in [2.24, 2.45) is 12.2 Å². The topological polar surface area (TPSA) is 138 Å². The van der Waals surface area contributed by atoms with Gasteiger partial charge in [0.25, 0.3) is 11.6 Å². The highest BCUT2D eigenvalue weighted by molar-refractivity contribution is 6.32. The summed E-state index contributed by atoms with van der Waals surface area (Å²) in [5.74, 6) is -2.07. The third-order valence-electron chi connectivity index (χ3n) is 3.56. The molecule has 0 unspecified atom stereocenters. The third kappa shape index (κ3) is 5.82. The Morgan fingerprint density at radius 2 is 2.06 bits per heavy atom. The van der Waals surface area contributed by atoms with Crippen LogP contribution in [0.25, 0.3) is 0 Å². The lowest BCUT2D eigenvalue weighted by Crippen LogP contribution is -2.14. The van der Waals surface area contributed by atoms with Crippen molar-refractivity contribution in [3.05, 3.63) is 44.6 Å². The van der Waals surface area contributed by atoms with Gasteiger partial charge < -0.3 is 19.4 Å². The molecule has 1 aromatic heterocycles. The van der Waals surface area contributed by atoms with E-state index in [1.807, 2.05) is 0 Å². The first-order valence-electron chi connectivity index (χ1n) is 8.11. The van der Waals surface area contributed by atoms with Crippen LogP contribution < -0.4 is 4.74 Å². The molecule has 0 radical (unpaired) electrons. The molecule has 0 atom stereocenters. The average molecular weight is 467 g/mol. The van der Waals surface area contributed by atoms with Crippen LogP contribution in [-0.4, -0.2) is 51.8 Å². The Kier molecular flexibility index (Phi) is 7.41. The first-order chi connectivity index (χ1) is 14.5. The zero-order valence-corrected chi connectivity index (χ0v) is 16.6. The standard InChI is InChI=1S/C16H14ClF3N4O7/c1-23-14(16(18,19)20)13(17)15(21-23)31-8-3-4-11(24(27)28)9(5-8)10(6-29-2)22-30-7-12(25)26/h3-5H,6-7H2,1-2H3,(H,25,26). The van der Waals surface area contributed by atoms with Crippen LogP contribution >= 0.6 is 11.6 Å². The van der Waals surface area contributed by atoms with Gasteiger partial charge in [-0.2, -0.15) is 13.2 Å². The second-order valence-corrected chi connectivity index (χ2v) is 6.14. The molecule has 0 aliphatic rings. The number of carbonyl (C=O) groups is 1. The van der Waals surface area contributed by atoms with Gasteiger partial charge in [-0.1, -0.05) is 16.8 Å². The number of aryl methyl sites for hydroxylation is 1. The van der Waals surface area contributed by atoms with Crippen LogP contribution in [0.15, 0.2) is 23.4 Å². The molecule has 0 saturated carbocycles. The number of carboxylic acid groups (broad SMARTS) is 1. The van der Waals surface area contributed by atoms with Gasteiger partial charge in [-0.3, -0.25) is 14.8 Å². The Balaban J connectivity index is 2.48. The molecule has 0 aliphatic carbocycles. The maximum Gasteiger partial charge on any atom is 0.434 e. The lowest BCUT2D eigenvalue weighted by atomic mass is 10.1. The van der Waals surface area contributed by atoms with E-state index < -0.39 is 46.0 Å². The van der Waals surface area contributed by atoms with Crippen molar-refractivity contribution >= 4 is 29.0 Å². The molecule has 0 saturated heterocycles. The van der Waals surface area contributed by atoms with Crippen molar-refractivity contribution in [1.29, 1.82) is 0 Å². The normalized spacial score (nSPS) is 12.0. The number of nitro benzene ring substituents is 1. The van der Waals surface area contributed by atoms with Crippen molar-refractivity contribution in [1.82, 2.24) is 9.78 Å². The van der Waals surface area contributed by atoms with Crippen molar-refractivity contribution in [2.75, 3.05) is 20.3 Å². The number of alkyl halides is 3. The number of nitro groups is 1. The van der Waals surface area contributed by atoms with Gasteiger partial charge in [0.2, 0.25) is 6.61 Å². The largest absolute Gasteiger partial charge is 0.479 e. The van der Waals surface area contributed by atoms with E-state index in [4.69, 9.17) is 26.2 Å². The molecular formula is C16H14ClF3N4O7. The van der Waals surface area contributed by atoms with Gasteiger partial charge in [-0.15, -0.1) is 5.10 Å². The lowest BCUT2D eigenvalue weighted by molar-refractivity contribution is -0.385. The Morgan fingerprint density at radius 1 is 1.39 bits per heavy atom. The number of hydrogen-bond acceptors (Lipinski definition) is 8. The smallest absolute Gasteiger partial charge is 0.434 e. The number of carboxylic acids is 1. The van der Waals surface area contributed by atoms with Gasteiger partial charge in [0.1, 0.15) is 16.5 Å². The number of methoxy groups -OCH3 is 1. The van der Waals surface area contributed by atoms with Crippen LogP contribution in [0.3, 0.4) is 0 Å². The van der Waals surface area contributed by atoms with Crippen LogP contribution in [0.5, 0.6) is 11.6 Å². The molecule has 168 valence electrons. The van der Waals surface area contributed by atoms with E-state index in [2.05, 4.69) is 15.1 Å². The number of hydrogen-bond donors (Lipinski definition) is 1. The third-order valence-corrected chi connectivity index (χ3v) is 3.90. The summed E-state index contributed by atoms with van der Waals surface area (Å²) in [6, 6.07) is 3.20. The summed E-state index contributed by atoms with van der Waals surface area (Å²) in [6.07, 6.45) is -4.79. The maximum absolute atomic E-state index is 13.1. The number of aliphatic carboxylic acids is 1. The van der Waals surface area contributed by atoms with Crippen LogP contribution in [0.1, 0.15) is 11.3 Å². The summed E-state index contributed by atoms with van der Waals surface area (Å²) < 4.78 is 49.9. The molecule has 0 bridgehead atoms. The second-order valence-electron chi connectivity index (χ2n) is 5.77. The van der Waals surface area contributed by atoms with Gasteiger partial charge in [-0.05, 0) is 12.1 Å². The van der Waals surface area contributed by atoms with Crippen LogP contribution in [0.4, 0.5) is 18.9 Å². The first-order valence-corrected chi connectivity index (χ1v) is 8.49. The maximum atomic E-state index is 13.1. The molecule has 1 aromatic carbocycles. The fourth-order valence-electron chi connectivity index (χ4n) is 2.38. The van der Waals surface area contributed by atoms with E-state index in [0.29, 0.717) is 4.68 Å². The van der Waals surface area contributed by atoms with Crippen molar-refractivity contribution in [3.63, 3.8) is 0 Å². The molecule has 15 heteroatoms. The molecule has 11 nitrogen and oxygen atoms in total. The average Bonchev–Trinajstić information content (AvgIpc) is 2.93. The van der Waals surface area contributed by atoms with E-state index >= 15 is 0 Å². The SMILES string of the molecule is COCC(=NOCC(=O)O)c1cc(Oc2nn(C)c(C(F)(F)F)c2Cl)ccc1[N+](=O)[O-]. The van der Waals surface area contributed by atoms with E-state index in [1.54, 1.807) is 0 Å². The summed E-state index contributed by atoms with van der Waals surface area (Å²) in [7, 11) is 2.27. The Labute approximate surface area is 176 Å². The monoisotopic (exact) mass is 466 g/mol. The zero-order valence-electron chi connectivity index (χ0n) is 15.8. The van der Waals surface area contributed by atoms with Crippen LogP contribution in [0, 0.1) is 10.1 Å². The summed E-state index contributed by atoms with van der Waals surface area (Å²) in [5.41, 5.74) is -2.05. The fraction of sp³-hybridized carbons (Fsp3) is 0.312. The van der Waals surface area contributed by atoms with Gasteiger partial charge in [0.05, 0.1) is 17.1 Å². The molecule has 31 heavy (non-hydrogen) atoms. The molecule has 1 N–H and O–H groups in total. The van der Waals surface area contributed by atoms with E-state index in [0.717, 1.165) is 25.2 Å². The summed E-state index contributed by atoms with van der Waals surface area (Å²) in [5, 5.41) is 26.3. The van der Waals surface area contributed by atoms with Crippen molar-refractivity contribution in [3.8, 4) is 11.6 Å². The molecule has 0 aliphatic heterocycles. The number of nitrogens with zero attached hydrogens (tertiary/aromatic N) is 4. The molecule has 2 rings (SSSR count). The molecule has 2 aromatic rings. The number of halogens is 4. The summed E-state index contributed by atoms with van der Waals surface area (Å²) >= 11 is 5.74. The van der Waals surface area contributed by atoms with Crippen molar-refractivity contribution < 1.29 is 42.3 Å². The van der Waals surface area contributed by atoms with Crippen LogP contribution in [0.2, 0.25) is 5.02 Å². The molecule has 0 fully saturated rings. The predicted octanol–water partition coefficient (Wildman–Crippen LogP) is 3.24. The van der Waals surface area contributed by atoms with Gasteiger partial charge >= 0.3 is 12.1 Å². The lowest BCUT2D eigenvalue weighted by Gasteiger charge is -2.09. The van der Waals surface area contributed by atoms with Gasteiger partial charge in [-0.25, -0.2) is 4.79 Å². The Hall–Kier alpha value is -3.39. The van der Waals surface area contributed by atoms with Gasteiger partial charge in [0, 0.05) is 20.2 Å². The quantitative estimate of drug-likeness (QED) is 0.337. The number of rotatable bonds is 9. The highest BCUT2D eigenvalue weighted by Gasteiger charge is 2.39. The molecule has 1 heterocycles. The fourth-order valence-corrected chi connectivity index (χ4v) is 2.69. The number of aromatic nitrogens is 2. The minimum atomic E-state index is -4.79. The first kappa shape index (κ1) is 23.9. The van der Waals surface area contributed by atoms with Crippen LogP contribution in [-0.2, 0) is 27.6 Å². The Bertz CT molecular complexity index is 1020. The highest BCUT2D eigenvalue weighted by atomic mass is 35.5. The highest BCUT2D eigenvalue weighted by Crippen LogP contribution is 2.40. The zero-order chi connectivity index (χ0) is 23.3. The predicted molar refractivity (Wildman–Crippen MR) is 98.4 cm³/mol. The van der Waals surface area contributed by atoms with E-state index in [9.17, 15) is 28.1 Å². The minimum Gasteiger partial charge on any atom is -0.479 e. The number of benzene rings is 1. The van der Waals surface area contributed by atoms with E-state index in [-0.39, 0.29) is 23.6 Å². The second kappa shape index (κ2) is 9.61. The number of ether oxygens (including phenoxy) is 2.